The van der Waals surface area contributed by atoms with Gasteiger partial charge in [0.05, 0.1) is 58.5 Å². The topological polar surface area (TPSA) is 153 Å². The first-order valence-electron chi connectivity index (χ1n) is 21.7. The van der Waals surface area contributed by atoms with E-state index in [1.165, 1.54) is 44.9 Å². The highest BCUT2D eigenvalue weighted by Gasteiger charge is 2.32. The number of aliphatic hydroxyl groups is 1. The Morgan fingerprint density at radius 2 is 0.849 bits per heavy atom. The quantitative estimate of drug-likeness (QED) is 0.0344. The van der Waals surface area contributed by atoms with Gasteiger partial charge in [0.25, 0.3) is 7.52 Å². The molecule has 0 aliphatic heterocycles. The molecule has 0 aliphatic carbocycles. The molecule has 0 rings (SSSR count). The van der Waals surface area contributed by atoms with Gasteiger partial charge in [-0.15, -0.1) is 0 Å². The normalized spacial score (nSPS) is 15.5. The molecular weight excluding hydrogens is 716 g/mol. The Morgan fingerprint density at radius 1 is 0.472 bits per heavy atom. The fraction of sp³-hybridized carbons (Fsp3) is 1.00. The molecule has 0 aromatic carbocycles. The SMILES string of the molecule is CCCCCCCC(CCCCC)P(=O)(O)NCCCOCCOCCOCCOCC(O)COP(=O)(O)C(CCCCCCC)CCCCCCC. The summed E-state index contributed by atoms with van der Waals surface area (Å²) in [6.07, 6.45) is 22.6. The van der Waals surface area contributed by atoms with Crippen molar-refractivity contribution < 1.29 is 47.5 Å². The molecule has 4 unspecified atom stereocenters. The van der Waals surface area contributed by atoms with Crippen LogP contribution in [0.1, 0.15) is 175 Å². The molecule has 0 aliphatic rings. The lowest BCUT2D eigenvalue weighted by molar-refractivity contribution is -0.0252. The minimum Gasteiger partial charge on any atom is -0.388 e. The summed E-state index contributed by atoms with van der Waals surface area (Å²) in [4.78, 5) is 21.5. The van der Waals surface area contributed by atoms with Gasteiger partial charge in [-0.05, 0) is 32.1 Å². The Kier molecular flexibility index (Phi) is 37.7. The number of aliphatic hydroxyl groups excluding tert-OH is 1. The van der Waals surface area contributed by atoms with Crippen LogP contribution in [0.4, 0.5) is 0 Å². The average Bonchev–Trinajstić information content (AvgIpc) is 3.13. The average molecular weight is 802 g/mol. The standard InChI is InChI=1S/C40H85NO10P2/c1-5-9-13-16-20-25-39(24-19-12-8-4)52(43,44)41-28-23-29-47-30-31-48-32-33-49-34-35-50-36-38(42)37-51-53(45,46)40(26-21-17-14-10-6-2)27-22-18-15-11-7-3/h38-40,42H,5-37H2,1-4H3,(H,45,46)(H2,41,43,44). The van der Waals surface area contributed by atoms with E-state index in [1.807, 2.05) is 0 Å². The van der Waals surface area contributed by atoms with Crippen LogP contribution in [0.25, 0.3) is 0 Å². The smallest absolute Gasteiger partial charge is 0.331 e. The zero-order valence-corrected chi connectivity index (χ0v) is 36.4. The van der Waals surface area contributed by atoms with Crippen LogP contribution in [0.15, 0.2) is 0 Å². The molecule has 0 aromatic rings. The molecule has 0 bridgehead atoms. The molecule has 0 amide bonds. The van der Waals surface area contributed by atoms with Gasteiger partial charge in [-0.3, -0.25) is 9.13 Å². The predicted octanol–water partition coefficient (Wildman–Crippen LogP) is 10.2. The highest BCUT2D eigenvalue weighted by Crippen LogP contribution is 2.51. The zero-order chi connectivity index (χ0) is 39.3. The van der Waals surface area contributed by atoms with Crippen molar-refractivity contribution in [3.05, 3.63) is 0 Å². The van der Waals surface area contributed by atoms with E-state index in [4.69, 9.17) is 23.5 Å². The van der Waals surface area contributed by atoms with Gasteiger partial charge in [0.15, 0.2) is 0 Å². The number of hydrogen-bond donors (Lipinski definition) is 4. The lowest BCUT2D eigenvalue weighted by Crippen LogP contribution is -2.24. The fourth-order valence-electron chi connectivity index (χ4n) is 6.31. The second kappa shape index (κ2) is 37.7. The van der Waals surface area contributed by atoms with E-state index in [0.29, 0.717) is 65.4 Å². The van der Waals surface area contributed by atoms with Crippen molar-refractivity contribution in [1.82, 2.24) is 5.09 Å². The fourth-order valence-corrected chi connectivity index (χ4v) is 9.73. The van der Waals surface area contributed by atoms with Gasteiger partial charge in [0, 0.05) is 18.8 Å². The van der Waals surface area contributed by atoms with Gasteiger partial charge < -0.3 is 38.4 Å². The van der Waals surface area contributed by atoms with Crippen molar-refractivity contribution in [3.63, 3.8) is 0 Å². The summed E-state index contributed by atoms with van der Waals surface area (Å²) in [7, 11) is -7.25. The van der Waals surface area contributed by atoms with Crippen molar-refractivity contribution >= 4 is 15.1 Å². The van der Waals surface area contributed by atoms with Crippen molar-refractivity contribution in [1.29, 1.82) is 0 Å². The highest BCUT2D eigenvalue weighted by atomic mass is 31.2. The first-order valence-corrected chi connectivity index (χ1v) is 25.1. The summed E-state index contributed by atoms with van der Waals surface area (Å²) in [6.45, 7) is 11.7. The molecule has 0 aromatic heterocycles. The van der Waals surface area contributed by atoms with Crippen LogP contribution in [0.2, 0.25) is 0 Å². The second-order valence-electron chi connectivity index (χ2n) is 14.7. The molecule has 0 spiro atoms. The maximum atomic E-state index is 13.1. The lowest BCUT2D eigenvalue weighted by Gasteiger charge is -2.24. The number of unbranched alkanes of at least 4 members (excludes halogenated alkanes) is 14. The maximum absolute atomic E-state index is 13.1. The zero-order valence-electron chi connectivity index (χ0n) is 34.7. The number of rotatable bonds is 43. The molecule has 0 radical (unpaired) electrons. The Bertz CT molecular complexity index is 857. The first-order chi connectivity index (χ1) is 25.6. The Morgan fingerprint density at radius 3 is 1.32 bits per heavy atom. The van der Waals surface area contributed by atoms with E-state index < -0.39 is 21.2 Å². The van der Waals surface area contributed by atoms with E-state index >= 15 is 0 Å². The van der Waals surface area contributed by atoms with Crippen LogP contribution in [0.5, 0.6) is 0 Å². The molecule has 4 N–H and O–H groups in total. The van der Waals surface area contributed by atoms with E-state index in [-0.39, 0.29) is 31.1 Å². The molecule has 13 heteroatoms. The number of hydrogen-bond acceptors (Lipinski definition) is 8. The molecule has 53 heavy (non-hydrogen) atoms. The molecule has 0 saturated carbocycles. The van der Waals surface area contributed by atoms with Gasteiger partial charge >= 0.3 is 7.60 Å². The van der Waals surface area contributed by atoms with Crippen LogP contribution < -0.4 is 5.09 Å². The van der Waals surface area contributed by atoms with Gasteiger partial charge in [0.2, 0.25) is 0 Å². The third-order valence-electron chi connectivity index (χ3n) is 9.70. The summed E-state index contributed by atoms with van der Waals surface area (Å²) >= 11 is 0. The lowest BCUT2D eigenvalue weighted by atomic mass is 10.0. The van der Waals surface area contributed by atoms with Gasteiger partial charge in [-0.1, -0.05) is 143 Å². The molecular formula is C40H85NO10P2. The Balaban J connectivity index is 4.01. The molecule has 0 fully saturated rings. The molecule has 0 heterocycles. The van der Waals surface area contributed by atoms with Gasteiger partial charge in [-0.25, -0.2) is 5.09 Å². The third-order valence-corrected chi connectivity index (χ3v) is 13.8. The van der Waals surface area contributed by atoms with Crippen LogP contribution in [-0.2, 0) is 32.6 Å². The molecule has 4 atom stereocenters. The van der Waals surface area contributed by atoms with E-state index in [2.05, 4.69) is 32.8 Å². The van der Waals surface area contributed by atoms with Crippen LogP contribution >= 0.6 is 15.1 Å². The molecule has 320 valence electrons. The number of nitrogens with one attached hydrogen (secondary N) is 1. The Hall–Kier alpha value is 0.1000. The number of ether oxygens (including phenoxy) is 4. The third kappa shape index (κ3) is 32.8. The van der Waals surface area contributed by atoms with Crippen LogP contribution in [0.3, 0.4) is 0 Å². The van der Waals surface area contributed by atoms with E-state index in [1.54, 1.807) is 0 Å². The summed E-state index contributed by atoms with van der Waals surface area (Å²) in [5.74, 6) is 0. The van der Waals surface area contributed by atoms with Crippen molar-refractivity contribution in [3.8, 4) is 0 Å². The highest BCUT2D eigenvalue weighted by molar-refractivity contribution is 7.56. The summed E-state index contributed by atoms with van der Waals surface area (Å²) < 4.78 is 53.8. The second-order valence-corrected chi connectivity index (χ2v) is 19.1. The van der Waals surface area contributed by atoms with Crippen molar-refractivity contribution in [2.24, 2.45) is 0 Å². The summed E-state index contributed by atoms with van der Waals surface area (Å²) in [6, 6.07) is 0. The van der Waals surface area contributed by atoms with Crippen molar-refractivity contribution in [2.75, 3.05) is 66.0 Å². The minimum absolute atomic E-state index is 0.0000580. The van der Waals surface area contributed by atoms with E-state index in [9.17, 15) is 24.0 Å². The molecule has 0 saturated heterocycles. The van der Waals surface area contributed by atoms with Gasteiger partial charge in [-0.2, -0.15) is 0 Å². The van der Waals surface area contributed by atoms with Crippen molar-refractivity contribution in [2.45, 2.75) is 193 Å². The van der Waals surface area contributed by atoms with Gasteiger partial charge in [0.1, 0.15) is 6.10 Å². The minimum atomic E-state index is -3.85. The van der Waals surface area contributed by atoms with Crippen LogP contribution in [0, 0.1) is 0 Å². The largest absolute Gasteiger partial charge is 0.388 e. The summed E-state index contributed by atoms with van der Waals surface area (Å²) in [5.41, 5.74) is -0.551. The van der Waals surface area contributed by atoms with E-state index in [0.717, 1.165) is 83.5 Å². The summed E-state index contributed by atoms with van der Waals surface area (Å²) in [5, 5.41) is 13.2. The van der Waals surface area contributed by atoms with Crippen LogP contribution in [-0.4, -0.2) is 98.3 Å². The predicted molar refractivity (Wildman–Crippen MR) is 219 cm³/mol. The Labute approximate surface area is 325 Å². The maximum Gasteiger partial charge on any atom is 0.331 e. The first kappa shape index (κ1) is 53.1. The molecule has 11 nitrogen and oxygen atoms in total. The monoisotopic (exact) mass is 802 g/mol.